The van der Waals surface area contributed by atoms with Gasteiger partial charge in [-0.1, -0.05) is 13.8 Å². The molecule has 3 heteroatoms. The van der Waals surface area contributed by atoms with Gasteiger partial charge in [0.1, 0.15) is 0 Å². The van der Waals surface area contributed by atoms with Gasteiger partial charge < -0.3 is 5.73 Å². The molecule has 0 aliphatic heterocycles. The Morgan fingerprint density at radius 3 is 2.62 bits per heavy atom. The normalized spacial score (nSPS) is 13.6. The molecule has 0 aliphatic rings. The van der Waals surface area contributed by atoms with Gasteiger partial charge in [-0.15, -0.1) is 0 Å². The number of nitrogens with two attached hydrogens (primary N) is 1. The molecule has 0 fully saturated rings. The van der Waals surface area contributed by atoms with Crippen molar-refractivity contribution in [3.05, 3.63) is 18.0 Å². The number of rotatable bonds is 4. The van der Waals surface area contributed by atoms with E-state index < -0.39 is 0 Å². The highest BCUT2D eigenvalue weighted by Gasteiger charge is 2.03. The highest BCUT2D eigenvalue weighted by Crippen LogP contribution is 2.08. The molecule has 0 bridgehead atoms. The molecule has 74 valence electrons. The second kappa shape index (κ2) is 4.42. The Morgan fingerprint density at radius 1 is 1.46 bits per heavy atom. The number of aryl methyl sites for hydroxylation is 1. The van der Waals surface area contributed by atoms with Crippen LogP contribution in [-0.4, -0.2) is 9.78 Å². The smallest absolute Gasteiger partial charge is 0.0537 e. The summed E-state index contributed by atoms with van der Waals surface area (Å²) in [6.45, 7) is 7.40. The van der Waals surface area contributed by atoms with E-state index in [1.54, 1.807) is 0 Å². The van der Waals surface area contributed by atoms with Crippen LogP contribution >= 0.6 is 0 Å². The summed E-state index contributed by atoms with van der Waals surface area (Å²) < 4.78 is 1.97. The van der Waals surface area contributed by atoms with Crippen molar-refractivity contribution in [3.63, 3.8) is 0 Å². The molecule has 2 N–H and O–H groups in total. The summed E-state index contributed by atoms with van der Waals surface area (Å²) in [5.74, 6) is 0.725. The highest BCUT2D eigenvalue weighted by atomic mass is 15.3. The van der Waals surface area contributed by atoms with Crippen molar-refractivity contribution in [1.29, 1.82) is 0 Å². The number of hydrogen-bond acceptors (Lipinski definition) is 2. The van der Waals surface area contributed by atoms with E-state index in [9.17, 15) is 0 Å². The molecular weight excluding hydrogens is 162 g/mol. The number of aromatic nitrogens is 2. The van der Waals surface area contributed by atoms with Crippen molar-refractivity contribution < 1.29 is 0 Å². The molecule has 0 saturated heterocycles. The van der Waals surface area contributed by atoms with E-state index in [-0.39, 0.29) is 6.04 Å². The molecule has 0 saturated carbocycles. The zero-order chi connectivity index (χ0) is 9.84. The lowest BCUT2D eigenvalue weighted by atomic mass is 10.1. The first-order chi connectivity index (χ1) is 6.09. The molecule has 1 aromatic heterocycles. The predicted molar refractivity (Wildman–Crippen MR) is 54.3 cm³/mol. The third-order valence-corrected chi connectivity index (χ3v) is 2.11. The highest BCUT2D eigenvalue weighted by molar-refractivity contribution is 5.07. The molecule has 3 nitrogen and oxygen atoms in total. The fraction of sp³-hybridized carbons (Fsp3) is 0.700. The third-order valence-electron chi connectivity index (χ3n) is 2.11. The molecule has 1 rings (SSSR count). The lowest BCUT2D eigenvalue weighted by Gasteiger charge is -2.04. The minimum absolute atomic E-state index is 0.0906. The second-order valence-corrected chi connectivity index (χ2v) is 4.01. The summed E-state index contributed by atoms with van der Waals surface area (Å²) in [6.07, 6.45) is 5.05. The number of nitrogens with zero attached hydrogens (tertiary/aromatic N) is 2. The van der Waals surface area contributed by atoms with Gasteiger partial charge in [-0.2, -0.15) is 5.10 Å². The lowest BCUT2D eigenvalue weighted by molar-refractivity contribution is 0.487. The molecule has 0 amide bonds. The van der Waals surface area contributed by atoms with Crippen LogP contribution in [0.25, 0.3) is 0 Å². The van der Waals surface area contributed by atoms with Gasteiger partial charge in [-0.3, -0.25) is 4.68 Å². The zero-order valence-electron chi connectivity index (χ0n) is 8.70. The Hall–Kier alpha value is -0.830. The monoisotopic (exact) mass is 181 g/mol. The average Bonchev–Trinajstić information content (AvgIpc) is 2.48. The van der Waals surface area contributed by atoms with Crippen molar-refractivity contribution in [3.8, 4) is 0 Å². The molecule has 0 radical (unpaired) electrons. The van der Waals surface area contributed by atoms with E-state index in [0.29, 0.717) is 0 Å². The van der Waals surface area contributed by atoms with Gasteiger partial charge in [0.25, 0.3) is 0 Å². The fourth-order valence-corrected chi connectivity index (χ4v) is 1.13. The van der Waals surface area contributed by atoms with Crippen LogP contribution in [0, 0.1) is 5.92 Å². The predicted octanol–water partition coefficient (Wildman–Crippen LogP) is 1.95. The Morgan fingerprint density at radius 2 is 2.15 bits per heavy atom. The van der Waals surface area contributed by atoms with Crippen LogP contribution in [0.2, 0.25) is 0 Å². The third kappa shape index (κ3) is 3.19. The Balaban J connectivity index is 2.49. The van der Waals surface area contributed by atoms with Crippen LogP contribution in [0.1, 0.15) is 38.8 Å². The summed E-state index contributed by atoms with van der Waals surface area (Å²) >= 11 is 0. The van der Waals surface area contributed by atoms with Crippen LogP contribution < -0.4 is 5.73 Å². The van der Waals surface area contributed by atoms with E-state index >= 15 is 0 Å². The van der Waals surface area contributed by atoms with Crippen LogP contribution in [0.4, 0.5) is 0 Å². The van der Waals surface area contributed by atoms with Crippen molar-refractivity contribution in [1.82, 2.24) is 9.78 Å². The number of hydrogen-bond donors (Lipinski definition) is 1. The SMILES string of the molecule is CC(C)CCn1cc([C@H](C)N)cn1. The largest absolute Gasteiger partial charge is 0.324 e. The van der Waals surface area contributed by atoms with Crippen molar-refractivity contribution in [2.45, 2.75) is 39.8 Å². The van der Waals surface area contributed by atoms with Gasteiger partial charge in [0.2, 0.25) is 0 Å². The maximum absolute atomic E-state index is 5.73. The first-order valence-electron chi connectivity index (χ1n) is 4.87. The van der Waals surface area contributed by atoms with E-state index in [0.717, 1.165) is 18.0 Å². The van der Waals surface area contributed by atoms with Crippen molar-refractivity contribution in [2.24, 2.45) is 11.7 Å². The molecule has 0 spiro atoms. The van der Waals surface area contributed by atoms with Gasteiger partial charge in [-0.25, -0.2) is 0 Å². The Labute approximate surface area is 79.9 Å². The van der Waals surface area contributed by atoms with Crippen LogP contribution in [0.5, 0.6) is 0 Å². The molecule has 1 atom stereocenters. The van der Waals surface area contributed by atoms with Gasteiger partial charge >= 0.3 is 0 Å². The molecule has 13 heavy (non-hydrogen) atoms. The van der Waals surface area contributed by atoms with Gasteiger partial charge in [0.05, 0.1) is 6.20 Å². The van der Waals surface area contributed by atoms with Crippen molar-refractivity contribution in [2.75, 3.05) is 0 Å². The van der Waals surface area contributed by atoms with Gasteiger partial charge in [0, 0.05) is 24.3 Å². The molecule has 0 aromatic carbocycles. The lowest BCUT2D eigenvalue weighted by Crippen LogP contribution is -2.04. The summed E-state index contributed by atoms with van der Waals surface area (Å²) in [6, 6.07) is 0.0906. The molecule has 1 heterocycles. The zero-order valence-corrected chi connectivity index (χ0v) is 8.70. The molecule has 1 aromatic rings. The maximum atomic E-state index is 5.73. The van der Waals surface area contributed by atoms with Crippen LogP contribution in [0.3, 0.4) is 0 Å². The second-order valence-electron chi connectivity index (χ2n) is 4.01. The fourth-order valence-electron chi connectivity index (χ4n) is 1.13. The van der Waals surface area contributed by atoms with Crippen LogP contribution in [0.15, 0.2) is 12.4 Å². The summed E-state index contributed by atoms with van der Waals surface area (Å²) in [5.41, 5.74) is 6.84. The van der Waals surface area contributed by atoms with Crippen molar-refractivity contribution >= 4 is 0 Å². The molecular formula is C10H19N3. The topological polar surface area (TPSA) is 43.8 Å². The first kappa shape index (κ1) is 10.3. The first-order valence-corrected chi connectivity index (χ1v) is 4.87. The maximum Gasteiger partial charge on any atom is 0.0537 e. The molecule has 0 aliphatic carbocycles. The quantitative estimate of drug-likeness (QED) is 0.771. The Kier molecular flexibility index (Phi) is 3.48. The minimum atomic E-state index is 0.0906. The summed E-state index contributed by atoms with van der Waals surface area (Å²) in [7, 11) is 0. The van der Waals surface area contributed by atoms with E-state index in [4.69, 9.17) is 5.73 Å². The Bertz CT molecular complexity index is 250. The minimum Gasteiger partial charge on any atom is -0.324 e. The standard InChI is InChI=1S/C10H19N3/c1-8(2)4-5-13-7-10(6-12-13)9(3)11/h6-9H,4-5,11H2,1-3H3/t9-/m0/s1. The van der Waals surface area contributed by atoms with Gasteiger partial charge in [-0.05, 0) is 19.3 Å². The van der Waals surface area contributed by atoms with Crippen LogP contribution in [-0.2, 0) is 6.54 Å². The van der Waals surface area contributed by atoms with Gasteiger partial charge in [0.15, 0.2) is 0 Å². The van der Waals surface area contributed by atoms with E-state index in [1.165, 1.54) is 6.42 Å². The van der Waals surface area contributed by atoms with E-state index in [2.05, 4.69) is 18.9 Å². The van der Waals surface area contributed by atoms with E-state index in [1.807, 2.05) is 24.0 Å². The average molecular weight is 181 g/mol. The summed E-state index contributed by atoms with van der Waals surface area (Å²) in [5, 5.41) is 4.25. The summed E-state index contributed by atoms with van der Waals surface area (Å²) in [4.78, 5) is 0. The molecule has 0 unspecified atom stereocenters.